The summed E-state index contributed by atoms with van der Waals surface area (Å²) in [5.74, 6) is -0.637. The fourth-order valence-electron chi connectivity index (χ4n) is 2.00. The van der Waals surface area contributed by atoms with E-state index in [4.69, 9.17) is 19.9 Å². The molecule has 1 aromatic carbocycles. The molecule has 1 saturated heterocycles. The van der Waals surface area contributed by atoms with E-state index in [2.05, 4.69) is 0 Å². The van der Waals surface area contributed by atoms with Crippen LogP contribution in [-0.4, -0.2) is 42.7 Å². The Labute approximate surface area is 123 Å². The number of benzene rings is 1. The van der Waals surface area contributed by atoms with E-state index in [0.29, 0.717) is 13.2 Å². The summed E-state index contributed by atoms with van der Waals surface area (Å²) in [6.45, 7) is 1.31. The molecule has 3 N–H and O–H groups in total. The molecule has 1 heterocycles. The molecule has 0 unspecified atom stereocenters. The van der Waals surface area contributed by atoms with Crippen molar-refractivity contribution in [1.29, 1.82) is 0 Å². The van der Waals surface area contributed by atoms with Crippen molar-refractivity contribution in [3.63, 3.8) is 0 Å². The van der Waals surface area contributed by atoms with E-state index in [1.54, 1.807) is 0 Å². The van der Waals surface area contributed by atoms with Crippen LogP contribution in [0.4, 0.5) is 0 Å². The van der Waals surface area contributed by atoms with Gasteiger partial charge in [0.2, 0.25) is 0 Å². The van der Waals surface area contributed by atoms with E-state index in [9.17, 15) is 9.90 Å². The number of carbonyl (C=O) groups is 1. The van der Waals surface area contributed by atoms with Crippen molar-refractivity contribution >= 4 is 5.97 Å². The molecule has 6 nitrogen and oxygen atoms in total. The Balaban J connectivity index is 1.75. The minimum atomic E-state index is -1.11. The van der Waals surface area contributed by atoms with Gasteiger partial charge in [-0.2, -0.15) is 0 Å². The van der Waals surface area contributed by atoms with Gasteiger partial charge in [0.1, 0.15) is 12.6 Å². The molecule has 2 atom stereocenters. The van der Waals surface area contributed by atoms with Crippen molar-refractivity contribution in [1.82, 2.24) is 0 Å². The molecular formula is C15H21NO5. The Kier molecular flexibility index (Phi) is 6.13. The van der Waals surface area contributed by atoms with Crippen molar-refractivity contribution in [2.75, 3.05) is 13.2 Å². The molecule has 0 saturated carbocycles. The lowest BCUT2D eigenvalue weighted by atomic mass is 10.1. The van der Waals surface area contributed by atoms with Gasteiger partial charge in [0.25, 0.3) is 0 Å². The zero-order valence-electron chi connectivity index (χ0n) is 11.8. The number of aliphatic hydroxyl groups excluding tert-OH is 1. The Hall–Kier alpha value is -1.47. The Morgan fingerprint density at radius 1 is 1.33 bits per heavy atom. The van der Waals surface area contributed by atoms with Crippen LogP contribution in [0, 0.1) is 0 Å². The fraction of sp³-hybridized carbons (Fsp3) is 0.533. The lowest BCUT2D eigenvalue weighted by molar-refractivity contribution is -0.193. The zero-order valence-corrected chi connectivity index (χ0v) is 11.8. The first-order valence-electron chi connectivity index (χ1n) is 7.04. The smallest absolute Gasteiger partial charge is 0.325 e. The first-order chi connectivity index (χ1) is 10.2. The lowest BCUT2D eigenvalue weighted by Gasteiger charge is -2.26. The van der Waals surface area contributed by atoms with Gasteiger partial charge in [0, 0.05) is 6.42 Å². The van der Waals surface area contributed by atoms with Gasteiger partial charge in [-0.15, -0.1) is 0 Å². The van der Waals surface area contributed by atoms with Crippen LogP contribution >= 0.6 is 0 Å². The third kappa shape index (κ3) is 5.09. The highest BCUT2D eigenvalue weighted by atomic mass is 16.7. The maximum absolute atomic E-state index is 11.8. The van der Waals surface area contributed by atoms with E-state index in [1.165, 1.54) is 0 Å². The zero-order chi connectivity index (χ0) is 15.1. The van der Waals surface area contributed by atoms with Gasteiger partial charge in [-0.25, -0.2) is 0 Å². The number of hydrogen-bond acceptors (Lipinski definition) is 6. The van der Waals surface area contributed by atoms with E-state index >= 15 is 0 Å². The first kappa shape index (κ1) is 15.9. The Bertz CT molecular complexity index is 433. The van der Waals surface area contributed by atoms with Crippen LogP contribution in [0.2, 0.25) is 0 Å². The number of hydrogen-bond donors (Lipinski definition) is 2. The summed E-state index contributed by atoms with van der Waals surface area (Å²) in [6.07, 6.45) is -0.586. The average molecular weight is 295 g/mol. The van der Waals surface area contributed by atoms with Crippen molar-refractivity contribution in [3.8, 4) is 0 Å². The topological polar surface area (TPSA) is 91.0 Å². The molecule has 1 aromatic rings. The number of nitrogens with two attached hydrogens (primary N) is 1. The summed E-state index contributed by atoms with van der Waals surface area (Å²) in [4.78, 5) is 11.8. The Morgan fingerprint density at radius 2 is 2.00 bits per heavy atom. The highest BCUT2D eigenvalue weighted by Crippen LogP contribution is 2.13. The molecule has 0 radical (unpaired) electrons. The van der Waals surface area contributed by atoms with Crippen molar-refractivity contribution in [2.24, 2.45) is 5.73 Å². The number of esters is 1. The summed E-state index contributed by atoms with van der Waals surface area (Å²) < 4.78 is 15.7. The predicted octanol–water partition coefficient (Wildman–Crippen LogP) is 0.571. The van der Waals surface area contributed by atoms with Crippen LogP contribution in [0.1, 0.15) is 18.4 Å². The summed E-state index contributed by atoms with van der Waals surface area (Å²) in [6, 6.07) is 8.18. The van der Waals surface area contributed by atoms with Crippen LogP contribution < -0.4 is 5.73 Å². The molecule has 0 bridgehead atoms. The van der Waals surface area contributed by atoms with E-state index < -0.39 is 24.4 Å². The molecule has 1 fully saturated rings. The second-order valence-electron chi connectivity index (χ2n) is 4.95. The van der Waals surface area contributed by atoms with E-state index in [0.717, 1.165) is 12.0 Å². The summed E-state index contributed by atoms with van der Waals surface area (Å²) in [7, 11) is 0. The van der Waals surface area contributed by atoms with Crippen molar-refractivity contribution < 1.29 is 24.1 Å². The maximum atomic E-state index is 11.8. The quantitative estimate of drug-likeness (QED) is 0.746. The molecule has 0 spiro atoms. The van der Waals surface area contributed by atoms with Gasteiger partial charge in [-0.05, 0) is 12.0 Å². The number of carbonyl (C=O) groups excluding carboxylic acids is 1. The standard InChI is InChI=1S/C15H21NO5/c16-14(12(17)9-13-19-7-4-8-20-13)15(18)21-10-11-5-2-1-3-6-11/h1-3,5-6,12-14,17H,4,7-10,16H2/t12-,14-/m0/s1. The second-order valence-corrected chi connectivity index (χ2v) is 4.95. The fourth-order valence-corrected chi connectivity index (χ4v) is 2.00. The molecule has 0 amide bonds. The molecule has 0 aliphatic carbocycles. The lowest BCUT2D eigenvalue weighted by Crippen LogP contribution is -2.45. The van der Waals surface area contributed by atoms with Crippen molar-refractivity contribution in [2.45, 2.75) is 37.9 Å². The normalized spacial score (nSPS) is 19.0. The molecular weight excluding hydrogens is 274 g/mol. The molecule has 1 aliphatic rings. The molecule has 0 aromatic heterocycles. The molecule has 1 aliphatic heterocycles. The third-order valence-electron chi connectivity index (χ3n) is 3.24. The predicted molar refractivity (Wildman–Crippen MR) is 75.1 cm³/mol. The van der Waals surface area contributed by atoms with Gasteiger partial charge in [-0.1, -0.05) is 30.3 Å². The third-order valence-corrected chi connectivity index (χ3v) is 3.24. The molecule has 116 valence electrons. The Morgan fingerprint density at radius 3 is 2.67 bits per heavy atom. The first-order valence-corrected chi connectivity index (χ1v) is 7.04. The minimum Gasteiger partial charge on any atom is -0.460 e. The van der Waals surface area contributed by atoms with Gasteiger partial charge >= 0.3 is 5.97 Å². The molecule has 6 heteroatoms. The SMILES string of the molecule is N[C@H](C(=O)OCc1ccccc1)[C@@H](O)CC1OCCCO1. The highest BCUT2D eigenvalue weighted by molar-refractivity contribution is 5.76. The second kappa shape index (κ2) is 8.09. The maximum Gasteiger partial charge on any atom is 0.325 e. The summed E-state index contributed by atoms with van der Waals surface area (Å²) in [5.41, 5.74) is 6.57. The monoisotopic (exact) mass is 295 g/mol. The van der Waals surface area contributed by atoms with Crippen molar-refractivity contribution in [3.05, 3.63) is 35.9 Å². The van der Waals surface area contributed by atoms with Crippen LogP contribution in [0.25, 0.3) is 0 Å². The minimum absolute atomic E-state index is 0.135. The molecule has 21 heavy (non-hydrogen) atoms. The van der Waals surface area contributed by atoms with Crippen LogP contribution in [0.3, 0.4) is 0 Å². The largest absolute Gasteiger partial charge is 0.460 e. The highest BCUT2D eigenvalue weighted by Gasteiger charge is 2.28. The number of aliphatic hydroxyl groups is 1. The number of rotatable bonds is 6. The molecule has 2 rings (SSSR count). The van der Waals surface area contributed by atoms with Gasteiger partial charge in [0.15, 0.2) is 6.29 Å². The van der Waals surface area contributed by atoms with Gasteiger partial charge < -0.3 is 25.1 Å². The van der Waals surface area contributed by atoms with E-state index in [-0.39, 0.29) is 13.0 Å². The van der Waals surface area contributed by atoms with Crippen LogP contribution in [-0.2, 0) is 25.6 Å². The number of ether oxygens (including phenoxy) is 3. The van der Waals surface area contributed by atoms with E-state index in [1.807, 2.05) is 30.3 Å². The van der Waals surface area contributed by atoms with Crippen LogP contribution in [0.15, 0.2) is 30.3 Å². The van der Waals surface area contributed by atoms with Gasteiger partial charge in [-0.3, -0.25) is 4.79 Å². The average Bonchev–Trinajstić information content (AvgIpc) is 2.53. The van der Waals surface area contributed by atoms with Gasteiger partial charge in [0.05, 0.1) is 19.3 Å². The van der Waals surface area contributed by atoms with Crippen LogP contribution in [0.5, 0.6) is 0 Å². The summed E-state index contributed by atoms with van der Waals surface area (Å²) >= 11 is 0. The summed E-state index contributed by atoms with van der Waals surface area (Å²) in [5, 5.41) is 9.95.